The molecular weight excluding hydrogens is 264 g/mol. The SMILES string of the molecule is NCCCN1C(=O)C(=Cc2ccccc2)SC1=S. The van der Waals surface area contributed by atoms with Crippen molar-refractivity contribution >= 4 is 40.3 Å². The normalized spacial score (nSPS) is 17.8. The van der Waals surface area contributed by atoms with Crippen molar-refractivity contribution in [2.24, 2.45) is 5.73 Å². The minimum Gasteiger partial charge on any atom is -0.330 e. The highest BCUT2D eigenvalue weighted by Gasteiger charge is 2.31. The van der Waals surface area contributed by atoms with Gasteiger partial charge in [-0.25, -0.2) is 0 Å². The van der Waals surface area contributed by atoms with Gasteiger partial charge in [0.25, 0.3) is 5.91 Å². The molecule has 0 spiro atoms. The van der Waals surface area contributed by atoms with Gasteiger partial charge in [0.1, 0.15) is 4.32 Å². The third-order valence-corrected chi connectivity index (χ3v) is 3.93. The van der Waals surface area contributed by atoms with Gasteiger partial charge in [0.2, 0.25) is 0 Å². The molecule has 2 rings (SSSR count). The summed E-state index contributed by atoms with van der Waals surface area (Å²) in [7, 11) is 0. The standard InChI is InChI=1S/C13H14N2OS2/c14-7-4-8-15-12(16)11(18-13(15)17)9-10-5-2-1-3-6-10/h1-3,5-6,9H,4,7-8,14H2. The maximum absolute atomic E-state index is 12.1. The summed E-state index contributed by atoms with van der Waals surface area (Å²) in [5.74, 6) is -0.0118. The highest BCUT2D eigenvalue weighted by Crippen LogP contribution is 2.32. The molecule has 0 aromatic heterocycles. The number of hydrogen-bond acceptors (Lipinski definition) is 4. The fourth-order valence-corrected chi connectivity index (χ4v) is 2.95. The van der Waals surface area contributed by atoms with E-state index < -0.39 is 0 Å². The van der Waals surface area contributed by atoms with Gasteiger partial charge >= 0.3 is 0 Å². The average Bonchev–Trinajstić information content (AvgIpc) is 2.64. The van der Waals surface area contributed by atoms with E-state index in [1.807, 2.05) is 36.4 Å². The van der Waals surface area contributed by atoms with Crippen molar-refractivity contribution in [3.05, 3.63) is 40.8 Å². The van der Waals surface area contributed by atoms with Gasteiger partial charge in [-0.2, -0.15) is 0 Å². The predicted molar refractivity (Wildman–Crippen MR) is 80.0 cm³/mol. The number of thioether (sulfide) groups is 1. The number of nitrogens with two attached hydrogens (primary N) is 1. The van der Waals surface area contributed by atoms with Crippen LogP contribution in [-0.4, -0.2) is 28.2 Å². The summed E-state index contributed by atoms with van der Waals surface area (Å²) in [6.45, 7) is 1.17. The van der Waals surface area contributed by atoms with Crippen molar-refractivity contribution in [3.63, 3.8) is 0 Å². The predicted octanol–water partition coefficient (Wildman–Crippen LogP) is 2.24. The molecule has 1 amide bonds. The van der Waals surface area contributed by atoms with E-state index >= 15 is 0 Å². The lowest BCUT2D eigenvalue weighted by Crippen LogP contribution is -2.30. The Labute approximate surface area is 116 Å². The zero-order valence-corrected chi connectivity index (χ0v) is 11.5. The van der Waals surface area contributed by atoms with E-state index in [1.54, 1.807) is 4.90 Å². The van der Waals surface area contributed by atoms with Gasteiger partial charge in [-0.05, 0) is 24.6 Å². The Morgan fingerprint density at radius 2 is 2.06 bits per heavy atom. The summed E-state index contributed by atoms with van der Waals surface area (Å²) >= 11 is 6.57. The highest BCUT2D eigenvalue weighted by atomic mass is 32.2. The topological polar surface area (TPSA) is 46.3 Å². The fraction of sp³-hybridized carbons (Fsp3) is 0.231. The van der Waals surface area contributed by atoms with Crippen LogP contribution in [0.3, 0.4) is 0 Å². The molecule has 3 nitrogen and oxygen atoms in total. The van der Waals surface area contributed by atoms with Crippen LogP contribution in [0.2, 0.25) is 0 Å². The molecule has 1 saturated heterocycles. The first kappa shape index (κ1) is 13.3. The summed E-state index contributed by atoms with van der Waals surface area (Å²) in [5.41, 5.74) is 6.46. The number of rotatable bonds is 4. The van der Waals surface area contributed by atoms with Crippen LogP contribution in [0.15, 0.2) is 35.2 Å². The minimum absolute atomic E-state index is 0.0118. The summed E-state index contributed by atoms with van der Waals surface area (Å²) in [4.78, 5) is 14.4. The van der Waals surface area contributed by atoms with E-state index in [2.05, 4.69) is 0 Å². The lowest BCUT2D eigenvalue weighted by atomic mass is 10.2. The molecule has 5 heteroatoms. The molecule has 0 aliphatic carbocycles. The van der Waals surface area contributed by atoms with Crippen LogP contribution in [0.25, 0.3) is 6.08 Å². The van der Waals surface area contributed by atoms with Crippen LogP contribution in [0.4, 0.5) is 0 Å². The van der Waals surface area contributed by atoms with Crippen LogP contribution in [0.1, 0.15) is 12.0 Å². The van der Waals surface area contributed by atoms with Crippen molar-refractivity contribution < 1.29 is 4.79 Å². The minimum atomic E-state index is -0.0118. The van der Waals surface area contributed by atoms with E-state index in [4.69, 9.17) is 18.0 Å². The van der Waals surface area contributed by atoms with E-state index in [0.717, 1.165) is 12.0 Å². The lowest BCUT2D eigenvalue weighted by molar-refractivity contribution is -0.122. The highest BCUT2D eigenvalue weighted by molar-refractivity contribution is 8.26. The molecule has 1 fully saturated rings. The Morgan fingerprint density at radius 1 is 1.33 bits per heavy atom. The molecule has 1 aliphatic heterocycles. The Bertz CT molecular complexity index is 485. The third kappa shape index (κ3) is 2.98. The summed E-state index contributed by atoms with van der Waals surface area (Å²) in [6.07, 6.45) is 2.65. The van der Waals surface area contributed by atoms with E-state index in [0.29, 0.717) is 22.3 Å². The number of carbonyl (C=O) groups excluding carboxylic acids is 1. The van der Waals surface area contributed by atoms with Crippen LogP contribution < -0.4 is 5.73 Å². The molecule has 18 heavy (non-hydrogen) atoms. The molecule has 0 radical (unpaired) electrons. The first-order valence-electron chi connectivity index (χ1n) is 5.73. The Kier molecular flexibility index (Phi) is 4.52. The van der Waals surface area contributed by atoms with E-state index in [1.165, 1.54) is 11.8 Å². The fourth-order valence-electron chi connectivity index (χ4n) is 1.64. The number of nitrogens with zero attached hydrogens (tertiary/aromatic N) is 1. The van der Waals surface area contributed by atoms with Crippen molar-refractivity contribution in [1.82, 2.24) is 4.90 Å². The second-order valence-corrected chi connectivity index (χ2v) is 5.56. The lowest BCUT2D eigenvalue weighted by Gasteiger charge is -2.12. The van der Waals surface area contributed by atoms with Crippen LogP contribution in [0.5, 0.6) is 0 Å². The van der Waals surface area contributed by atoms with Crippen molar-refractivity contribution in [3.8, 4) is 0 Å². The van der Waals surface area contributed by atoms with Gasteiger partial charge < -0.3 is 5.73 Å². The molecule has 1 aromatic rings. The van der Waals surface area contributed by atoms with E-state index in [-0.39, 0.29) is 5.91 Å². The smallest absolute Gasteiger partial charge is 0.266 e. The van der Waals surface area contributed by atoms with Crippen LogP contribution >= 0.6 is 24.0 Å². The number of carbonyl (C=O) groups is 1. The summed E-state index contributed by atoms with van der Waals surface area (Å²) in [6, 6.07) is 9.77. The summed E-state index contributed by atoms with van der Waals surface area (Å²) in [5, 5.41) is 0. The maximum Gasteiger partial charge on any atom is 0.266 e. The molecule has 1 aliphatic rings. The Morgan fingerprint density at radius 3 is 2.72 bits per heavy atom. The monoisotopic (exact) mass is 278 g/mol. The maximum atomic E-state index is 12.1. The van der Waals surface area contributed by atoms with Gasteiger partial charge in [-0.15, -0.1) is 0 Å². The molecule has 1 heterocycles. The number of thiocarbonyl (C=S) groups is 1. The molecule has 1 aromatic carbocycles. The Hall–Kier alpha value is -1.17. The first-order valence-corrected chi connectivity index (χ1v) is 6.95. The number of amides is 1. The average molecular weight is 278 g/mol. The van der Waals surface area contributed by atoms with Gasteiger partial charge in [-0.3, -0.25) is 9.69 Å². The van der Waals surface area contributed by atoms with Crippen molar-refractivity contribution in [1.29, 1.82) is 0 Å². The zero-order chi connectivity index (χ0) is 13.0. The summed E-state index contributed by atoms with van der Waals surface area (Å²) < 4.78 is 0.621. The zero-order valence-electron chi connectivity index (χ0n) is 9.83. The van der Waals surface area contributed by atoms with Gasteiger partial charge in [0.05, 0.1) is 4.91 Å². The van der Waals surface area contributed by atoms with Gasteiger partial charge in [0.15, 0.2) is 0 Å². The van der Waals surface area contributed by atoms with Gasteiger partial charge in [0, 0.05) is 6.54 Å². The molecule has 0 unspecified atom stereocenters. The van der Waals surface area contributed by atoms with Crippen LogP contribution in [-0.2, 0) is 4.79 Å². The number of benzene rings is 1. The second kappa shape index (κ2) is 6.13. The molecule has 0 atom stereocenters. The largest absolute Gasteiger partial charge is 0.330 e. The second-order valence-electron chi connectivity index (χ2n) is 3.89. The van der Waals surface area contributed by atoms with Gasteiger partial charge in [-0.1, -0.05) is 54.3 Å². The van der Waals surface area contributed by atoms with Crippen LogP contribution in [0, 0.1) is 0 Å². The first-order chi connectivity index (χ1) is 8.72. The molecule has 94 valence electrons. The number of hydrogen-bond donors (Lipinski definition) is 1. The molecule has 0 saturated carbocycles. The van der Waals surface area contributed by atoms with Crippen molar-refractivity contribution in [2.45, 2.75) is 6.42 Å². The van der Waals surface area contributed by atoms with Crippen molar-refractivity contribution in [2.75, 3.05) is 13.1 Å². The molecule has 0 bridgehead atoms. The third-order valence-electron chi connectivity index (χ3n) is 2.56. The van der Waals surface area contributed by atoms with E-state index in [9.17, 15) is 4.79 Å². The Balaban J connectivity index is 2.15. The quantitative estimate of drug-likeness (QED) is 0.678. The molecular formula is C13H14N2OS2. The molecule has 2 N–H and O–H groups in total.